The van der Waals surface area contributed by atoms with Gasteiger partial charge in [-0.25, -0.2) is 0 Å². The molecule has 0 amide bonds. The molecule has 1 aromatic heterocycles. The Balaban J connectivity index is 2.19. The van der Waals surface area contributed by atoms with Crippen molar-refractivity contribution >= 4 is 10.9 Å². The van der Waals surface area contributed by atoms with Gasteiger partial charge in [-0.1, -0.05) is 38.1 Å². The highest BCUT2D eigenvalue weighted by atomic mass is 14.9. The van der Waals surface area contributed by atoms with Gasteiger partial charge in [-0.2, -0.15) is 4.57 Å². The quantitative estimate of drug-likeness (QED) is 0.594. The van der Waals surface area contributed by atoms with E-state index in [9.17, 15) is 0 Å². The summed E-state index contributed by atoms with van der Waals surface area (Å²) in [6, 6.07) is 19.8. The van der Waals surface area contributed by atoms with Crippen molar-refractivity contribution in [3.8, 4) is 11.3 Å². The minimum Gasteiger partial charge on any atom is -0.194 e. The summed E-state index contributed by atoms with van der Waals surface area (Å²) >= 11 is 0. The number of nitrogens with zero attached hydrogens (tertiary/aromatic N) is 1. The number of hydrogen-bond acceptors (Lipinski definition) is 0. The van der Waals surface area contributed by atoms with Crippen molar-refractivity contribution in [2.45, 2.75) is 26.7 Å². The van der Waals surface area contributed by atoms with E-state index in [0.717, 1.165) is 0 Å². The second-order valence-corrected chi connectivity index (χ2v) is 6.07. The van der Waals surface area contributed by atoms with Crippen LogP contribution in [0.5, 0.6) is 0 Å². The molecule has 0 saturated carbocycles. The van der Waals surface area contributed by atoms with E-state index in [1.54, 1.807) is 0 Å². The molecule has 0 aliphatic rings. The number of aryl methyl sites for hydroxylation is 2. The van der Waals surface area contributed by atoms with E-state index in [1.165, 1.54) is 33.3 Å². The number of aromatic nitrogens is 1. The van der Waals surface area contributed by atoms with Crippen molar-refractivity contribution in [1.82, 2.24) is 0 Å². The van der Waals surface area contributed by atoms with Crippen LogP contribution in [0.25, 0.3) is 22.2 Å². The van der Waals surface area contributed by atoms with Gasteiger partial charge < -0.3 is 0 Å². The molecule has 2 aromatic carbocycles. The Bertz CT molecular complexity index is 800. The highest BCUT2D eigenvalue weighted by molar-refractivity contribution is 5.77. The van der Waals surface area contributed by atoms with Gasteiger partial charge in [0, 0.05) is 23.1 Å². The van der Waals surface area contributed by atoms with E-state index in [4.69, 9.17) is 0 Å². The number of para-hydroxylation sites is 1. The molecule has 106 valence electrons. The molecule has 1 nitrogen and oxygen atoms in total. The molecule has 3 rings (SSSR count). The predicted molar refractivity (Wildman–Crippen MR) is 89.4 cm³/mol. The first-order valence-electron chi connectivity index (χ1n) is 7.56. The molecule has 0 aliphatic heterocycles. The summed E-state index contributed by atoms with van der Waals surface area (Å²) in [5.74, 6) is 0.572. The van der Waals surface area contributed by atoms with Gasteiger partial charge in [0.25, 0.3) is 0 Å². The Morgan fingerprint density at radius 2 is 1.67 bits per heavy atom. The normalized spacial score (nSPS) is 11.3. The number of hydrogen-bond donors (Lipinski definition) is 0. The summed E-state index contributed by atoms with van der Waals surface area (Å²) in [7, 11) is 2.15. The van der Waals surface area contributed by atoms with Gasteiger partial charge in [0.1, 0.15) is 7.05 Å². The Hall–Kier alpha value is -2.15. The molecule has 0 saturated heterocycles. The minimum atomic E-state index is 0.572. The topological polar surface area (TPSA) is 3.88 Å². The smallest absolute Gasteiger partial charge is 0.194 e. The molecule has 0 bridgehead atoms. The lowest BCUT2D eigenvalue weighted by atomic mass is 9.96. The van der Waals surface area contributed by atoms with E-state index in [1.807, 2.05) is 0 Å². The third kappa shape index (κ3) is 2.44. The highest BCUT2D eigenvalue weighted by Gasteiger charge is 2.15. The third-order valence-electron chi connectivity index (χ3n) is 4.27. The molecular weight excluding hydrogens is 254 g/mol. The largest absolute Gasteiger partial charge is 0.213 e. The zero-order valence-electron chi connectivity index (χ0n) is 13.2. The van der Waals surface area contributed by atoms with Crippen LogP contribution in [0.2, 0.25) is 0 Å². The van der Waals surface area contributed by atoms with E-state index in [0.29, 0.717) is 5.92 Å². The maximum absolute atomic E-state index is 2.31. The van der Waals surface area contributed by atoms with Crippen molar-refractivity contribution in [1.29, 1.82) is 0 Å². The molecule has 1 heteroatoms. The highest BCUT2D eigenvalue weighted by Crippen LogP contribution is 2.26. The molecule has 21 heavy (non-hydrogen) atoms. The second kappa shape index (κ2) is 5.33. The Labute approximate surface area is 126 Å². The van der Waals surface area contributed by atoms with Crippen molar-refractivity contribution in [3.05, 3.63) is 65.7 Å². The van der Waals surface area contributed by atoms with Crippen LogP contribution in [0.1, 0.15) is 30.9 Å². The monoisotopic (exact) mass is 276 g/mol. The first-order chi connectivity index (χ1) is 10.1. The number of pyridine rings is 1. The molecule has 0 atom stereocenters. The predicted octanol–water partition coefficient (Wildman–Crippen LogP) is 4.76. The molecule has 0 aliphatic carbocycles. The maximum atomic E-state index is 2.31. The van der Waals surface area contributed by atoms with E-state index in [2.05, 4.69) is 87.0 Å². The zero-order valence-corrected chi connectivity index (χ0v) is 13.2. The molecule has 0 unspecified atom stereocenters. The first kappa shape index (κ1) is 13.8. The van der Waals surface area contributed by atoms with Crippen LogP contribution >= 0.6 is 0 Å². The standard InChI is InChI=1S/C20H22N/c1-14(2)17-9-11-18(15(3)13-17)20-12-10-16-7-5-6-8-19(16)21(20)4/h5-14H,1-4H3/q+1. The Kier molecular flexibility index (Phi) is 3.50. The average Bonchev–Trinajstić information content (AvgIpc) is 2.48. The van der Waals surface area contributed by atoms with Crippen LogP contribution in [-0.4, -0.2) is 0 Å². The Morgan fingerprint density at radius 1 is 0.905 bits per heavy atom. The van der Waals surface area contributed by atoms with E-state index >= 15 is 0 Å². The summed E-state index contributed by atoms with van der Waals surface area (Å²) < 4.78 is 2.28. The third-order valence-corrected chi connectivity index (χ3v) is 4.27. The lowest BCUT2D eigenvalue weighted by molar-refractivity contribution is -0.633. The van der Waals surface area contributed by atoms with Gasteiger partial charge in [0.2, 0.25) is 11.2 Å². The van der Waals surface area contributed by atoms with Crippen LogP contribution in [0, 0.1) is 6.92 Å². The first-order valence-corrected chi connectivity index (χ1v) is 7.56. The second-order valence-electron chi connectivity index (χ2n) is 6.07. The SMILES string of the molecule is Cc1cc(C(C)C)ccc1-c1ccc2ccccc2[n+]1C. The van der Waals surface area contributed by atoms with Crippen LogP contribution in [0.15, 0.2) is 54.6 Å². The van der Waals surface area contributed by atoms with E-state index in [-0.39, 0.29) is 0 Å². The van der Waals surface area contributed by atoms with Crippen molar-refractivity contribution in [3.63, 3.8) is 0 Å². The molecule has 0 fully saturated rings. The summed E-state index contributed by atoms with van der Waals surface area (Å²) in [6.07, 6.45) is 0. The minimum absolute atomic E-state index is 0.572. The lowest BCUT2D eigenvalue weighted by Crippen LogP contribution is -2.32. The fourth-order valence-electron chi connectivity index (χ4n) is 2.95. The molecule has 0 N–H and O–H groups in total. The van der Waals surface area contributed by atoms with Crippen LogP contribution in [0.4, 0.5) is 0 Å². The summed E-state index contributed by atoms with van der Waals surface area (Å²) in [5, 5.41) is 1.28. The molecule has 3 aromatic rings. The summed E-state index contributed by atoms with van der Waals surface area (Å²) in [4.78, 5) is 0. The van der Waals surface area contributed by atoms with Gasteiger partial charge in [-0.05, 0) is 42.2 Å². The fourth-order valence-corrected chi connectivity index (χ4v) is 2.95. The molecular formula is C20H22N+. The van der Waals surface area contributed by atoms with Crippen molar-refractivity contribution in [2.75, 3.05) is 0 Å². The fraction of sp³-hybridized carbons (Fsp3) is 0.250. The van der Waals surface area contributed by atoms with Crippen LogP contribution < -0.4 is 4.57 Å². The molecule has 1 heterocycles. The van der Waals surface area contributed by atoms with E-state index < -0.39 is 0 Å². The number of benzene rings is 2. The number of rotatable bonds is 2. The lowest BCUT2D eigenvalue weighted by Gasteiger charge is -2.10. The van der Waals surface area contributed by atoms with Gasteiger partial charge >= 0.3 is 0 Å². The van der Waals surface area contributed by atoms with Gasteiger partial charge in [-0.3, -0.25) is 0 Å². The summed E-state index contributed by atoms with van der Waals surface area (Å²) in [5.41, 5.74) is 6.59. The zero-order chi connectivity index (χ0) is 15.0. The van der Waals surface area contributed by atoms with Crippen molar-refractivity contribution < 1.29 is 4.57 Å². The average molecular weight is 276 g/mol. The summed E-state index contributed by atoms with van der Waals surface area (Å²) in [6.45, 7) is 6.69. The maximum Gasteiger partial charge on any atom is 0.213 e. The van der Waals surface area contributed by atoms with Crippen molar-refractivity contribution in [2.24, 2.45) is 7.05 Å². The van der Waals surface area contributed by atoms with Gasteiger partial charge in [0.15, 0.2) is 0 Å². The van der Waals surface area contributed by atoms with Gasteiger partial charge in [-0.15, -0.1) is 0 Å². The Morgan fingerprint density at radius 3 is 2.38 bits per heavy atom. The molecule has 0 spiro atoms. The number of fused-ring (bicyclic) bond motifs is 1. The molecule has 0 radical (unpaired) electrons. The van der Waals surface area contributed by atoms with Crippen LogP contribution in [-0.2, 0) is 7.05 Å². The van der Waals surface area contributed by atoms with Gasteiger partial charge in [0.05, 0.1) is 0 Å². The van der Waals surface area contributed by atoms with Crippen LogP contribution in [0.3, 0.4) is 0 Å².